The van der Waals surface area contributed by atoms with Crippen LogP contribution in [0.2, 0.25) is 0 Å². The average molecular weight is 675 g/mol. The highest BCUT2D eigenvalue weighted by Crippen LogP contribution is 2.30. The minimum Gasteiger partial charge on any atom is -0.383 e. The Bertz CT molecular complexity index is 1420. The number of halogens is 4. The van der Waals surface area contributed by atoms with Crippen molar-refractivity contribution in [2.45, 2.75) is 71.3 Å². The van der Waals surface area contributed by atoms with Crippen LogP contribution in [0.3, 0.4) is 0 Å². The quantitative estimate of drug-likeness (QED) is 0.116. The monoisotopic (exact) mass is 674 g/mol. The van der Waals surface area contributed by atoms with Crippen LogP contribution in [0.5, 0.6) is 0 Å². The number of anilines is 2. The van der Waals surface area contributed by atoms with Crippen LogP contribution in [0.1, 0.15) is 67.1 Å². The maximum absolute atomic E-state index is 15.9. The summed E-state index contributed by atoms with van der Waals surface area (Å²) in [6.45, 7) is 10.4. The Hall–Kier alpha value is -4.58. The van der Waals surface area contributed by atoms with Gasteiger partial charge in [0.1, 0.15) is 13.6 Å². The smallest absolute Gasteiger partial charge is 0.383 e. The lowest BCUT2D eigenvalue weighted by atomic mass is 10.0. The van der Waals surface area contributed by atoms with Gasteiger partial charge >= 0.3 is 6.18 Å². The fraction of sp³-hybridized carbons (Fsp3) is 0.389. The second-order valence-electron chi connectivity index (χ2n) is 11.3. The highest BCUT2D eigenvalue weighted by atomic mass is 19.4. The third kappa shape index (κ3) is 13.6. The van der Waals surface area contributed by atoms with Gasteiger partial charge in [0.15, 0.2) is 11.6 Å². The summed E-state index contributed by atoms with van der Waals surface area (Å²) in [4.78, 5) is 44.8. The predicted molar refractivity (Wildman–Crippen MR) is 182 cm³/mol. The number of nitrogens with one attached hydrogen (secondary N) is 3. The number of alkyl halides is 3. The fourth-order valence-corrected chi connectivity index (χ4v) is 4.83. The third-order valence-corrected chi connectivity index (χ3v) is 7.12. The first kappa shape index (κ1) is 41.4. The van der Waals surface area contributed by atoms with Gasteiger partial charge in [-0.25, -0.2) is 4.39 Å². The molecule has 0 aliphatic rings. The zero-order valence-electron chi connectivity index (χ0n) is 28.0. The molecule has 8 nitrogen and oxygen atoms in total. The number of carbonyl (C=O) groups excluding carboxylic acids is 4. The summed E-state index contributed by atoms with van der Waals surface area (Å²) in [7, 11) is 1.78. The number of rotatable bonds is 16. The number of Topliss-reactive ketones (excluding diaryl/α,β-unsaturated/α-hetero) is 1. The van der Waals surface area contributed by atoms with E-state index in [1.165, 1.54) is 18.2 Å². The van der Waals surface area contributed by atoms with Crippen molar-refractivity contribution in [3.8, 4) is 0 Å². The molecule has 0 saturated heterocycles. The normalized spacial score (nSPS) is 11.4. The van der Waals surface area contributed by atoms with Crippen molar-refractivity contribution in [1.29, 1.82) is 0 Å². The summed E-state index contributed by atoms with van der Waals surface area (Å²) in [5.41, 5.74) is 1.06. The summed E-state index contributed by atoms with van der Waals surface area (Å²) in [5, 5.41) is 8.87. The van der Waals surface area contributed by atoms with E-state index in [1.807, 2.05) is 57.8 Å². The zero-order valence-corrected chi connectivity index (χ0v) is 28.0. The van der Waals surface area contributed by atoms with Crippen molar-refractivity contribution in [1.82, 2.24) is 10.6 Å². The van der Waals surface area contributed by atoms with Crippen molar-refractivity contribution in [2.24, 2.45) is 0 Å². The first-order chi connectivity index (χ1) is 22.9. The van der Waals surface area contributed by atoms with Crippen molar-refractivity contribution in [2.75, 3.05) is 30.4 Å². The van der Waals surface area contributed by atoms with Crippen molar-refractivity contribution in [3.63, 3.8) is 0 Å². The van der Waals surface area contributed by atoms with Crippen LogP contribution in [0, 0.1) is 5.82 Å². The van der Waals surface area contributed by atoms with Crippen LogP contribution in [0.4, 0.5) is 28.9 Å². The molecule has 3 N–H and O–H groups in total. The van der Waals surface area contributed by atoms with E-state index in [-0.39, 0.29) is 42.6 Å². The molecule has 0 aromatic heterocycles. The van der Waals surface area contributed by atoms with Crippen LogP contribution in [0.15, 0.2) is 66.7 Å². The Balaban J connectivity index is 0.00000277. The predicted octanol–water partition coefficient (Wildman–Crippen LogP) is 6.62. The van der Waals surface area contributed by atoms with Gasteiger partial charge in [0.05, 0.1) is 29.4 Å². The summed E-state index contributed by atoms with van der Waals surface area (Å²) in [6, 6.07) is 16.1. The van der Waals surface area contributed by atoms with Gasteiger partial charge in [0.2, 0.25) is 0 Å². The van der Waals surface area contributed by atoms with Crippen LogP contribution in [-0.4, -0.2) is 57.5 Å². The number of amides is 1. The standard InChI is InChI=1S/C34H42F4N4O2.2CH2O/c1-5-6-10-16-42(4)30-20-27(40-23(2)3)19-28(32(30)35)33(44)41-29(18-24-12-8-7-9-13-24)31(43)22-39-21-25-14-11-15-26(17-25)34(36,37)38;2*1-2/h7-9,11-15,17,19-20,23,29,39-40H,5-6,10,16,18,21-22H2,1-4H3,(H,41,44);2*1H2. The molecule has 1 atom stereocenters. The highest BCUT2D eigenvalue weighted by Gasteiger charge is 2.30. The van der Waals surface area contributed by atoms with Crippen LogP contribution >= 0.6 is 0 Å². The van der Waals surface area contributed by atoms with E-state index in [9.17, 15) is 22.8 Å². The molecule has 0 fully saturated rings. The summed E-state index contributed by atoms with van der Waals surface area (Å²) in [6.07, 6.45) is -1.43. The molecule has 0 heterocycles. The molecule has 48 heavy (non-hydrogen) atoms. The summed E-state index contributed by atoms with van der Waals surface area (Å²) >= 11 is 0. The molecular formula is C36H46F4N4O4. The second-order valence-corrected chi connectivity index (χ2v) is 11.3. The molecule has 3 aromatic rings. The largest absolute Gasteiger partial charge is 0.416 e. The molecule has 3 rings (SSSR count). The molecular weight excluding hydrogens is 628 g/mol. The van der Waals surface area contributed by atoms with Crippen molar-refractivity contribution >= 4 is 36.6 Å². The third-order valence-electron chi connectivity index (χ3n) is 7.12. The Morgan fingerprint density at radius 2 is 1.54 bits per heavy atom. The van der Waals surface area contributed by atoms with E-state index in [4.69, 9.17) is 9.59 Å². The molecule has 0 aliphatic carbocycles. The number of nitrogens with zero attached hydrogens (tertiary/aromatic N) is 1. The van der Waals surface area contributed by atoms with E-state index in [0.717, 1.165) is 37.0 Å². The molecule has 1 amide bonds. The summed E-state index contributed by atoms with van der Waals surface area (Å²) < 4.78 is 55.2. The van der Waals surface area contributed by atoms with Gasteiger partial charge in [-0.2, -0.15) is 13.2 Å². The van der Waals surface area contributed by atoms with Gasteiger partial charge in [-0.15, -0.1) is 0 Å². The molecule has 12 heteroatoms. The molecule has 262 valence electrons. The van der Waals surface area contributed by atoms with E-state index >= 15 is 4.39 Å². The Morgan fingerprint density at radius 3 is 2.15 bits per heavy atom. The second kappa shape index (κ2) is 21.3. The number of hydrogen-bond donors (Lipinski definition) is 3. The Morgan fingerprint density at radius 1 is 0.896 bits per heavy atom. The Labute approximate surface area is 280 Å². The highest BCUT2D eigenvalue weighted by molar-refractivity contribution is 6.00. The SMILES string of the molecule is C=O.C=O.CCCCCN(C)c1cc(NC(C)C)cc(C(=O)NC(Cc2ccccc2)C(=O)CNCc2cccc(C(F)(F)F)c2)c1F. The molecule has 0 radical (unpaired) electrons. The van der Waals surface area contributed by atoms with Crippen molar-refractivity contribution in [3.05, 3.63) is 94.8 Å². The molecule has 1 unspecified atom stereocenters. The molecule has 0 bridgehead atoms. The van der Waals surface area contributed by atoms with Gasteiger partial charge in [-0.3, -0.25) is 9.59 Å². The van der Waals surface area contributed by atoms with Gasteiger partial charge in [0, 0.05) is 31.9 Å². The van der Waals surface area contributed by atoms with E-state index < -0.39 is 29.5 Å². The first-order valence-corrected chi connectivity index (χ1v) is 15.5. The first-order valence-electron chi connectivity index (χ1n) is 15.5. The van der Waals surface area contributed by atoms with E-state index in [1.54, 1.807) is 18.0 Å². The maximum atomic E-state index is 15.9. The van der Waals surface area contributed by atoms with Gasteiger partial charge in [0.25, 0.3) is 5.91 Å². The van der Waals surface area contributed by atoms with Gasteiger partial charge in [-0.1, -0.05) is 68.3 Å². The number of carbonyl (C=O) groups is 4. The average Bonchev–Trinajstić information content (AvgIpc) is 3.07. The summed E-state index contributed by atoms with van der Waals surface area (Å²) in [5.74, 6) is -1.79. The van der Waals surface area contributed by atoms with E-state index in [0.29, 0.717) is 17.8 Å². The zero-order chi connectivity index (χ0) is 36.3. The van der Waals surface area contributed by atoms with E-state index in [2.05, 4.69) is 22.9 Å². The lowest BCUT2D eigenvalue weighted by molar-refractivity contribution is -0.137. The minimum atomic E-state index is -4.47. The van der Waals surface area contributed by atoms with Crippen LogP contribution in [0.25, 0.3) is 0 Å². The Kier molecular flexibility index (Phi) is 18.4. The lowest BCUT2D eigenvalue weighted by Crippen LogP contribution is -2.46. The lowest BCUT2D eigenvalue weighted by Gasteiger charge is -2.24. The number of ketones is 1. The minimum absolute atomic E-state index is 0.0208. The maximum Gasteiger partial charge on any atom is 0.416 e. The molecule has 0 aliphatic heterocycles. The van der Waals surface area contributed by atoms with Gasteiger partial charge < -0.3 is 30.4 Å². The number of benzene rings is 3. The van der Waals surface area contributed by atoms with Gasteiger partial charge in [-0.05, 0) is 56.0 Å². The number of unbranched alkanes of at least 4 members (excludes halogenated alkanes) is 2. The fourth-order valence-electron chi connectivity index (χ4n) is 4.83. The topological polar surface area (TPSA) is 108 Å². The van der Waals surface area contributed by atoms with Crippen LogP contribution < -0.4 is 20.9 Å². The molecule has 3 aromatic carbocycles. The molecule has 0 spiro atoms. The molecule has 0 saturated carbocycles. The van der Waals surface area contributed by atoms with Crippen molar-refractivity contribution < 1.29 is 36.7 Å². The number of hydrogen-bond acceptors (Lipinski definition) is 7. The van der Waals surface area contributed by atoms with Crippen LogP contribution in [-0.2, 0) is 33.5 Å².